The lowest BCUT2D eigenvalue weighted by Gasteiger charge is -2.12. The van der Waals surface area contributed by atoms with Gasteiger partial charge in [0.15, 0.2) is 0 Å². The van der Waals surface area contributed by atoms with Crippen LogP contribution in [0.2, 0.25) is 5.02 Å². The molecular weight excluding hydrogens is 370 g/mol. The molecule has 2 N–H and O–H groups in total. The summed E-state index contributed by atoms with van der Waals surface area (Å²) in [6.45, 7) is 3.23. The normalized spacial score (nSPS) is 11.6. The fourth-order valence-corrected chi connectivity index (χ4v) is 3.35. The van der Waals surface area contributed by atoms with Crippen LogP contribution in [-0.4, -0.2) is 39.1 Å². The average Bonchev–Trinajstić information content (AvgIpc) is 2.98. The third kappa shape index (κ3) is 3.01. The van der Waals surface area contributed by atoms with Gasteiger partial charge in [0.2, 0.25) is 0 Å². The summed E-state index contributed by atoms with van der Waals surface area (Å²) in [5.41, 5.74) is 0.555. The lowest BCUT2D eigenvalue weighted by Crippen LogP contribution is -2.18. The summed E-state index contributed by atoms with van der Waals surface area (Å²) in [6, 6.07) is 4.25. The van der Waals surface area contributed by atoms with E-state index in [0.29, 0.717) is 5.69 Å². The van der Waals surface area contributed by atoms with Gasteiger partial charge in [-0.25, -0.2) is 14.3 Å². The van der Waals surface area contributed by atoms with Gasteiger partial charge in [-0.1, -0.05) is 11.6 Å². The van der Waals surface area contributed by atoms with Gasteiger partial charge in [0, 0.05) is 16.9 Å². The average molecular weight is 382 g/mol. The highest BCUT2D eigenvalue weighted by Gasteiger charge is 2.25. The van der Waals surface area contributed by atoms with E-state index in [4.69, 9.17) is 11.6 Å². The molecule has 9 nitrogen and oxygen atoms in total. The largest absolute Gasteiger partial charge is 0.478 e. The molecule has 0 saturated heterocycles. The van der Waals surface area contributed by atoms with Crippen LogP contribution in [0.5, 0.6) is 0 Å². The number of hydrogen-bond donors (Lipinski definition) is 2. The van der Waals surface area contributed by atoms with Gasteiger partial charge < -0.3 is 5.11 Å². The minimum absolute atomic E-state index is 0.113. The summed E-state index contributed by atoms with van der Waals surface area (Å²) in [5, 5.41) is 12.9. The van der Waals surface area contributed by atoms with Gasteiger partial charge in [-0.15, -0.1) is 5.10 Å². The second-order valence-corrected chi connectivity index (χ2v) is 7.18. The van der Waals surface area contributed by atoms with Crippen molar-refractivity contribution in [2.75, 3.05) is 4.72 Å². The van der Waals surface area contributed by atoms with Gasteiger partial charge in [-0.3, -0.25) is 4.72 Å². The van der Waals surface area contributed by atoms with Crippen molar-refractivity contribution in [2.24, 2.45) is 0 Å². The highest BCUT2D eigenvalue weighted by atomic mass is 35.5. The van der Waals surface area contributed by atoms with Crippen LogP contribution in [0.1, 0.15) is 21.6 Å². The van der Waals surface area contributed by atoms with Crippen LogP contribution in [0.25, 0.3) is 5.78 Å². The number of hydrogen-bond acceptors (Lipinski definition) is 6. The maximum Gasteiger partial charge on any atom is 0.337 e. The minimum atomic E-state index is -4.24. The summed E-state index contributed by atoms with van der Waals surface area (Å²) in [5.74, 6) is -1.18. The predicted molar refractivity (Wildman–Crippen MR) is 89.5 cm³/mol. The molecule has 3 aromatic rings. The summed E-state index contributed by atoms with van der Waals surface area (Å²) in [4.78, 5) is 19.2. The topological polar surface area (TPSA) is 127 Å². The van der Waals surface area contributed by atoms with E-state index in [-0.39, 0.29) is 27.6 Å². The number of nitrogens with zero attached hydrogens (tertiary/aromatic N) is 4. The SMILES string of the molecule is Cc1c(Cl)ccc(C(=O)O)c1NS(=O)(=O)c1nc2nccc(C)n2n1. The molecule has 2 aromatic heterocycles. The molecule has 0 radical (unpaired) electrons. The van der Waals surface area contributed by atoms with Gasteiger partial charge >= 0.3 is 5.97 Å². The Morgan fingerprint density at radius 1 is 1.28 bits per heavy atom. The minimum Gasteiger partial charge on any atom is -0.478 e. The number of carboxylic acid groups (broad SMARTS) is 1. The van der Waals surface area contributed by atoms with E-state index >= 15 is 0 Å². The third-order valence-electron chi connectivity index (χ3n) is 3.52. The number of fused-ring (bicyclic) bond motifs is 1. The van der Waals surface area contributed by atoms with Crippen LogP contribution in [0.15, 0.2) is 29.6 Å². The monoisotopic (exact) mass is 381 g/mol. The second-order valence-electron chi connectivity index (χ2n) is 5.20. The number of aromatic carboxylic acids is 1. The van der Waals surface area contributed by atoms with Gasteiger partial charge in [-0.2, -0.15) is 13.4 Å². The summed E-state index contributed by atoms with van der Waals surface area (Å²) in [6.07, 6.45) is 1.48. The second kappa shape index (κ2) is 5.97. The highest BCUT2D eigenvalue weighted by molar-refractivity contribution is 7.92. The zero-order valence-electron chi connectivity index (χ0n) is 13.1. The van der Waals surface area contributed by atoms with E-state index in [1.54, 1.807) is 13.0 Å². The number of aromatic nitrogens is 4. The Labute approximate surface area is 147 Å². The number of nitrogens with one attached hydrogen (secondary N) is 1. The van der Waals surface area contributed by atoms with E-state index in [1.165, 1.54) is 29.8 Å². The first-order chi connectivity index (χ1) is 11.7. The highest BCUT2D eigenvalue weighted by Crippen LogP contribution is 2.29. The number of sulfonamides is 1. The molecule has 0 unspecified atom stereocenters. The first-order valence-electron chi connectivity index (χ1n) is 6.94. The predicted octanol–water partition coefficient (Wildman–Crippen LogP) is 1.89. The molecule has 25 heavy (non-hydrogen) atoms. The Hall–Kier alpha value is -2.72. The Morgan fingerprint density at radius 2 is 2.00 bits per heavy atom. The fraction of sp³-hybridized carbons (Fsp3) is 0.143. The van der Waals surface area contributed by atoms with Crippen molar-refractivity contribution in [3.05, 3.63) is 46.2 Å². The van der Waals surface area contributed by atoms with Crippen molar-refractivity contribution in [3.63, 3.8) is 0 Å². The van der Waals surface area contributed by atoms with E-state index in [1.807, 2.05) is 0 Å². The molecule has 0 atom stereocenters. The number of halogens is 1. The quantitative estimate of drug-likeness (QED) is 0.706. The molecule has 0 amide bonds. The van der Waals surface area contributed by atoms with Crippen molar-refractivity contribution < 1.29 is 18.3 Å². The first kappa shape index (κ1) is 17.1. The number of carbonyl (C=O) groups is 1. The number of benzene rings is 1. The van der Waals surface area contributed by atoms with Crippen LogP contribution in [0.3, 0.4) is 0 Å². The Kier molecular flexibility index (Phi) is 4.09. The van der Waals surface area contributed by atoms with Crippen molar-refractivity contribution in [1.82, 2.24) is 19.6 Å². The molecule has 130 valence electrons. The lowest BCUT2D eigenvalue weighted by atomic mass is 10.1. The van der Waals surface area contributed by atoms with E-state index in [0.717, 1.165) is 0 Å². The van der Waals surface area contributed by atoms with E-state index in [2.05, 4.69) is 19.8 Å². The molecule has 3 rings (SSSR count). The lowest BCUT2D eigenvalue weighted by molar-refractivity contribution is 0.0698. The van der Waals surface area contributed by atoms with Gasteiger partial charge in [0.1, 0.15) is 0 Å². The maximum absolute atomic E-state index is 12.6. The summed E-state index contributed by atoms with van der Waals surface area (Å²) in [7, 11) is -4.24. The van der Waals surface area contributed by atoms with E-state index in [9.17, 15) is 18.3 Å². The third-order valence-corrected chi connectivity index (χ3v) is 5.05. The number of rotatable bonds is 4. The molecule has 0 bridgehead atoms. The van der Waals surface area contributed by atoms with Crippen LogP contribution in [0, 0.1) is 13.8 Å². The molecule has 0 aliphatic rings. The number of aryl methyl sites for hydroxylation is 1. The van der Waals surface area contributed by atoms with Gasteiger partial charge in [0.25, 0.3) is 21.0 Å². The van der Waals surface area contributed by atoms with Crippen molar-refractivity contribution in [1.29, 1.82) is 0 Å². The summed E-state index contributed by atoms with van der Waals surface area (Å²) >= 11 is 5.98. The smallest absolute Gasteiger partial charge is 0.337 e. The molecule has 2 heterocycles. The zero-order valence-corrected chi connectivity index (χ0v) is 14.6. The molecule has 0 aliphatic heterocycles. The maximum atomic E-state index is 12.6. The Bertz CT molecular complexity index is 1110. The number of anilines is 1. The van der Waals surface area contributed by atoms with Crippen LogP contribution < -0.4 is 4.72 Å². The molecule has 0 aliphatic carbocycles. The van der Waals surface area contributed by atoms with Gasteiger partial charge in [0.05, 0.1) is 11.3 Å². The van der Waals surface area contributed by atoms with Gasteiger partial charge in [-0.05, 0) is 37.6 Å². The molecular formula is C14H12ClN5O4S. The number of carboxylic acids is 1. The van der Waals surface area contributed by atoms with Crippen molar-refractivity contribution in [3.8, 4) is 0 Å². The molecule has 0 saturated carbocycles. The Morgan fingerprint density at radius 3 is 2.64 bits per heavy atom. The van der Waals surface area contributed by atoms with E-state index < -0.39 is 21.1 Å². The zero-order chi connectivity index (χ0) is 18.4. The van der Waals surface area contributed by atoms with Crippen LogP contribution in [-0.2, 0) is 10.0 Å². The first-order valence-corrected chi connectivity index (χ1v) is 8.80. The van der Waals surface area contributed by atoms with Crippen molar-refractivity contribution in [2.45, 2.75) is 19.0 Å². The summed E-state index contributed by atoms with van der Waals surface area (Å²) < 4.78 is 28.7. The van der Waals surface area contributed by atoms with Crippen LogP contribution in [0.4, 0.5) is 5.69 Å². The molecule has 1 aromatic carbocycles. The molecule has 0 spiro atoms. The fourth-order valence-electron chi connectivity index (χ4n) is 2.18. The molecule has 11 heteroatoms. The van der Waals surface area contributed by atoms with Crippen LogP contribution >= 0.6 is 11.6 Å². The molecule has 0 fully saturated rings. The standard InChI is InChI=1S/C14H12ClN5O4S/c1-7-5-6-16-13-17-14(18-20(7)13)25(23,24)19-11-8(2)10(15)4-3-9(11)12(21)22/h3-6,19H,1-2H3,(H,21,22). The van der Waals surface area contributed by atoms with Crippen molar-refractivity contribution >= 4 is 39.1 Å². The Balaban J connectivity index is 2.12.